The molecular formula is C18H19NO3. The monoisotopic (exact) mass is 297 g/mol. The molecule has 4 nitrogen and oxygen atoms in total. The van der Waals surface area contributed by atoms with E-state index in [4.69, 9.17) is 9.47 Å². The van der Waals surface area contributed by atoms with Crippen LogP contribution in [0.4, 0.5) is 0 Å². The number of para-hydroxylation sites is 1. The average molecular weight is 297 g/mol. The van der Waals surface area contributed by atoms with E-state index in [1.807, 2.05) is 42.5 Å². The molecule has 0 unspecified atom stereocenters. The third-order valence-corrected chi connectivity index (χ3v) is 3.80. The molecule has 1 aliphatic rings. The molecule has 1 aliphatic heterocycles. The van der Waals surface area contributed by atoms with Crippen molar-refractivity contribution in [1.82, 2.24) is 5.32 Å². The van der Waals surface area contributed by atoms with Crippen molar-refractivity contribution in [1.29, 1.82) is 0 Å². The summed E-state index contributed by atoms with van der Waals surface area (Å²) < 4.78 is 10.9. The first-order chi connectivity index (χ1) is 10.8. The minimum Gasteiger partial charge on any atom is -0.496 e. The van der Waals surface area contributed by atoms with Gasteiger partial charge in [-0.2, -0.15) is 0 Å². The number of fused-ring (bicyclic) bond motifs is 1. The number of hydrogen-bond donors (Lipinski definition) is 1. The number of carbonyl (C=O) groups excluding carboxylic acids is 1. The molecule has 0 fully saturated rings. The lowest BCUT2D eigenvalue weighted by atomic mass is 10.0. The molecule has 2 aromatic rings. The average Bonchev–Trinajstić information content (AvgIpc) is 2.59. The zero-order chi connectivity index (χ0) is 15.4. The Hall–Kier alpha value is -2.49. The van der Waals surface area contributed by atoms with E-state index in [9.17, 15) is 4.79 Å². The highest BCUT2D eigenvalue weighted by molar-refractivity contribution is 5.94. The van der Waals surface area contributed by atoms with Crippen LogP contribution in [0.25, 0.3) is 0 Å². The molecule has 0 spiro atoms. The van der Waals surface area contributed by atoms with E-state index in [2.05, 4.69) is 5.32 Å². The molecule has 3 rings (SSSR count). The fourth-order valence-electron chi connectivity index (χ4n) is 2.63. The van der Waals surface area contributed by atoms with Crippen molar-refractivity contribution in [2.24, 2.45) is 0 Å². The van der Waals surface area contributed by atoms with Crippen LogP contribution in [-0.4, -0.2) is 19.6 Å². The largest absolute Gasteiger partial charge is 0.496 e. The van der Waals surface area contributed by atoms with Gasteiger partial charge in [0.05, 0.1) is 13.7 Å². The smallest absolute Gasteiger partial charge is 0.251 e. The normalized spacial score (nSPS) is 13.0. The molecule has 0 atom stereocenters. The van der Waals surface area contributed by atoms with Crippen molar-refractivity contribution in [2.75, 3.05) is 13.7 Å². The van der Waals surface area contributed by atoms with Crippen LogP contribution in [0, 0.1) is 0 Å². The molecule has 2 aromatic carbocycles. The molecule has 1 N–H and O–H groups in total. The van der Waals surface area contributed by atoms with Crippen LogP contribution >= 0.6 is 0 Å². The quantitative estimate of drug-likeness (QED) is 0.944. The number of amides is 1. The van der Waals surface area contributed by atoms with Gasteiger partial charge in [0.25, 0.3) is 5.91 Å². The van der Waals surface area contributed by atoms with Gasteiger partial charge in [0, 0.05) is 17.7 Å². The summed E-state index contributed by atoms with van der Waals surface area (Å²) in [6.45, 7) is 1.20. The van der Waals surface area contributed by atoms with E-state index in [1.54, 1.807) is 7.11 Å². The number of benzene rings is 2. The highest BCUT2D eigenvalue weighted by Crippen LogP contribution is 2.25. The van der Waals surface area contributed by atoms with Crippen LogP contribution in [-0.2, 0) is 13.0 Å². The molecule has 0 aliphatic carbocycles. The van der Waals surface area contributed by atoms with Crippen LogP contribution in [0.5, 0.6) is 11.5 Å². The first-order valence-electron chi connectivity index (χ1n) is 7.44. The van der Waals surface area contributed by atoms with Gasteiger partial charge in [-0.3, -0.25) is 4.79 Å². The Morgan fingerprint density at radius 3 is 3.00 bits per heavy atom. The maximum absolute atomic E-state index is 12.3. The first-order valence-corrected chi connectivity index (χ1v) is 7.44. The van der Waals surface area contributed by atoms with Crippen LogP contribution in [0.15, 0.2) is 42.5 Å². The van der Waals surface area contributed by atoms with E-state index in [0.29, 0.717) is 12.1 Å². The summed E-state index contributed by atoms with van der Waals surface area (Å²) in [5, 5.41) is 2.94. The molecule has 0 saturated heterocycles. The second-order valence-electron chi connectivity index (χ2n) is 5.27. The number of hydrogen-bond acceptors (Lipinski definition) is 3. The summed E-state index contributed by atoms with van der Waals surface area (Å²) in [5.41, 5.74) is 2.73. The molecule has 1 amide bonds. The highest BCUT2D eigenvalue weighted by atomic mass is 16.5. The molecule has 0 saturated carbocycles. The number of aryl methyl sites for hydroxylation is 1. The van der Waals surface area contributed by atoms with E-state index < -0.39 is 0 Å². The lowest BCUT2D eigenvalue weighted by Gasteiger charge is -2.17. The van der Waals surface area contributed by atoms with Crippen molar-refractivity contribution in [3.63, 3.8) is 0 Å². The Morgan fingerprint density at radius 2 is 2.14 bits per heavy atom. The van der Waals surface area contributed by atoms with Gasteiger partial charge in [0.1, 0.15) is 11.5 Å². The summed E-state index contributed by atoms with van der Waals surface area (Å²) in [6.07, 6.45) is 1.96. The zero-order valence-corrected chi connectivity index (χ0v) is 12.6. The molecule has 0 bridgehead atoms. The Balaban J connectivity index is 1.69. The number of ether oxygens (including phenoxy) is 2. The standard InChI is InChI=1S/C18H19NO3/c1-21-16-7-3-2-5-15(16)12-19-18(20)14-8-9-17-13(11-14)6-4-10-22-17/h2-3,5,7-9,11H,4,6,10,12H2,1H3,(H,19,20). The lowest BCUT2D eigenvalue weighted by molar-refractivity contribution is 0.0950. The number of nitrogens with one attached hydrogen (secondary N) is 1. The van der Waals surface area contributed by atoms with E-state index >= 15 is 0 Å². The van der Waals surface area contributed by atoms with Crippen LogP contribution < -0.4 is 14.8 Å². The Bertz CT molecular complexity index is 682. The molecule has 0 aromatic heterocycles. The fraction of sp³-hybridized carbons (Fsp3) is 0.278. The number of carbonyl (C=O) groups is 1. The highest BCUT2D eigenvalue weighted by Gasteiger charge is 2.14. The van der Waals surface area contributed by atoms with E-state index in [-0.39, 0.29) is 5.91 Å². The summed E-state index contributed by atoms with van der Waals surface area (Å²) in [5.74, 6) is 1.59. The Morgan fingerprint density at radius 1 is 1.27 bits per heavy atom. The fourth-order valence-corrected chi connectivity index (χ4v) is 2.63. The zero-order valence-electron chi connectivity index (χ0n) is 12.6. The Kier molecular flexibility index (Phi) is 4.28. The summed E-state index contributed by atoms with van der Waals surface area (Å²) in [4.78, 5) is 12.3. The second-order valence-corrected chi connectivity index (χ2v) is 5.27. The van der Waals surface area contributed by atoms with Crippen LogP contribution in [0.2, 0.25) is 0 Å². The van der Waals surface area contributed by atoms with Gasteiger partial charge < -0.3 is 14.8 Å². The molecular weight excluding hydrogens is 278 g/mol. The minimum atomic E-state index is -0.0840. The predicted molar refractivity (Wildman–Crippen MR) is 84.4 cm³/mol. The topological polar surface area (TPSA) is 47.6 Å². The minimum absolute atomic E-state index is 0.0840. The van der Waals surface area contributed by atoms with Gasteiger partial charge in [-0.25, -0.2) is 0 Å². The van der Waals surface area contributed by atoms with Crippen LogP contribution in [0.3, 0.4) is 0 Å². The molecule has 0 radical (unpaired) electrons. The van der Waals surface area contributed by atoms with Gasteiger partial charge >= 0.3 is 0 Å². The SMILES string of the molecule is COc1ccccc1CNC(=O)c1ccc2c(c1)CCCO2. The summed E-state index contributed by atoms with van der Waals surface area (Å²) in [7, 11) is 1.63. The van der Waals surface area contributed by atoms with Crippen molar-refractivity contribution in [3.8, 4) is 11.5 Å². The van der Waals surface area contributed by atoms with Gasteiger partial charge in [-0.1, -0.05) is 18.2 Å². The van der Waals surface area contributed by atoms with Gasteiger partial charge in [-0.05, 0) is 42.7 Å². The number of rotatable bonds is 4. The molecule has 114 valence electrons. The van der Waals surface area contributed by atoms with E-state index in [1.165, 1.54) is 0 Å². The number of methoxy groups -OCH3 is 1. The van der Waals surface area contributed by atoms with Crippen molar-refractivity contribution >= 4 is 5.91 Å². The third kappa shape index (κ3) is 3.06. The van der Waals surface area contributed by atoms with Crippen LogP contribution in [0.1, 0.15) is 27.9 Å². The van der Waals surface area contributed by atoms with Crippen molar-refractivity contribution in [2.45, 2.75) is 19.4 Å². The van der Waals surface area contributed by atoms with E-state index in [0.717, 1.165) is 42.1 Å². The lowest BCUT2D eigenvalue weighted by Crippen LogP contribution is -2.23. The third-order valence-electron chi connectivity index (χ3n) is 3.80. The Labute approximate surface area is 130 Å². The first kappa shape index (κ1) is 14.4. The van der Waals surface area contributed by atoms with Crippen molar-refractivity contribution < 1.29 is 14.3 Å². The summed E-state index contributed by atoms with van der Waals surface area (Å²) >= 11 is 0. The van der Waals surface area contributed by atoms with Crippen molar-refractivity contribution in [3.05, 3.63) is 59.2 Å². The second kappa shape index (κ2) is 6.52. The van der Waals surface area contributed by atoms with Gasteiger partial charge in [0.2, 0.25) is 0 Å². The van der Waals surface area contributed by atoms with Gasteiger partial charge in [-0.15, -0.1) is 0 Å². The van der Waals surface area contributed by atoms with Gasteiger partial charge in [0.15, 0.2) is 0 Å². The predicted octanol–water partition coefficient (Wildman–Crippen LogP) is 2.95. The summed E-state index contributed by atoms with van der Waals surface area (Å²) in [6, 6.07) is 13.3. The molecule has 22 heavy (non-hydrogen) atoms. The molecule has 1 heterocycles. The maximum Gasteiger partial charge on any atom is 0.251 e. The molecule has 4 heteroatoms. The maximum atomic E-state index is 12.3.